The van der Waals surface area contributed by atoms with E-state index in [1.165, 1.54) is 4.90 Å². The molecule has 8 heteroatoms. The van der Waals surface area contributed by atoms with E-state index in [4.69, 9.17) is 14.2 Å². The molecule has 1 atom stereocenters. The van der Waals surface area contributed by atoms with Crippen LogP contribution in [0.4, 0.5) is 11.4 Å². The van der Waals surface area contributed by atoms with Crippen LogP contribution < -0.4 is 24.0 Å². The van der Waals surface area contributed by atoms with Gasteiger partial charge in [-0.1, -0.05) is 26.0 Å². The van der Waals surface area contributed by atoms with Gasteiger partial charge in [-0.2, -0.15) is 0 Å². The van der Waals surface area contributed by atoms with Crippen molar-refractivity contribution < 1.29 is 28.9 Å². The van der Waals surface area contributed by atoms with Gasteiger partial charge in [0, 0.05) is 18.3 Å². The van der Waals surface area contributed by atoms with Gasteiger partial charge in [0.2, 0.25) is 0 Å². The molecule has 1 N–H and O–H groups in total. The van der Waals surface area contributed by atoms with E-state index < -0.39 is 17.7 Å². The highest BCUT2D eigenvalue weighted by atomic mass is 16.5. The van der Waals surface area contributed by atoms with Crippen LogP contribution in [0.5, 0.6) is 17.2 Å². The standard InChI is InChI=1S/C31H32N2O6/c1-19(2)18-39-23-11-9-22(10-12-23)33-28(20-6-5-7-24(16-20)37-4)27(30(35)31(33)36)29(34)21-8-13-26-25(17-21)32(3)14-15-38-26/h5-13,16-17,19,28,34H,14-15,18H2,1-4H3/b29-27-. The molecule has 0 saturated carbocycles. The minimum absolute atomic E-state index is 0.00715. The number of likely N-dealkylation sites (N-methyl/N-ethyl adjacent to an activating group) is 1. The average molecular weight is 529 g/mol. The molecule has 1 fully saturated rings. The molecule has 3 aromatic rings. The molecule has 1 saturated heterocycles. The van der Waals surface area contributed by atoms with Crippen LogP contribution in [0.2, 0.25) is 0 Å². The second-order valence-electron chi connectivity index (χ2n) is 10.1. The molecule has 0 spiro atoms. The van der Waals surface area contributed by atoms with E-state index in [2.05, 4.69) is 13.8 Å². The van der Waals surface area contributed by atoms with Gasteiger partial charge in [-0.15, -0.1) is 0 Å². The molecule has 0 aliphatic carbocycles. The Kier molecular flexibility index (Phi) is 7.19. The van der Waals surface area contributed by atoms with Crippen molar-refractivity contribution in [3.05, 3.63) is 83.4 Å². The maximum absolute atomic E-state index is 13.5. The summed E-state index contributed by atoms with van der Waals surface area (Å²) < 4.78 is 16.9. The number of aliphatic hydroxyl groups is 1. The van der Waals surface area contributed by atoms with Gasteiger partial charge in [-0.25, -0.2) is 0 Å². The SMILES string of the molecule is COc1cccc(C2/C(=C(/O)c3ccc4c(c3)N(C)CCO4)C(=O)C(=O)N2c2ccc(OCC(C)C)cc2)c1. The van der Waals surface area contributed by atoms with Crippen LogP contribution in [0.15, 0.2) is 72.3 Å². The Morgan fingerprint density at radius 1 is 1.05 bits per heavy atom. The van der Waals surface area contributed by atoms with E-state index in [1.807, 2.05) is 18.0 Å². The van der Waals surface area contributed by atoms with Crippen molar-refractivity contribution in [2.45, 2.75) is 19.9 Å². The third-order valence-corrected chi connectivity index (χ3v) is 6.88. The number of benzene rings is 3. The zero-order valence-electron chi connectivity index (χ0n) is 22.5. The van der Waals surface area contributed by atoms with Gasteiger partial charge < -0.3 is 24.2 Å². The number of ether oxygens (including phenoxy) is 3. The van der Waals surface area contributed by atoms with Gasteiger partial charge in [0.15, 0.2) is 0 Å². The molecule has 2 aliphatic rings. The van der Waals surface area contributed by atoms with Crippen molar-refractivity contribution in [2.24, 2.45) is 5.92 Å². The fraction of sp³-hybridized carbons (Fsp3) is 0.290. The number of aliphatic hydroxyl groups excluding tert-OH is 1. The monoisotopic (exact) mass is 528 g/mol. The smallest absolute Gasteiger partial charge is 0.300 e. The van der Waals surface area contributed by atoms with Gasteiger partial charge >= 0.3 is 0 Å². The lowest BCUT2D eigenvalue weighted by atomic mass is 9.94. The molecule has 3 aromatic carbocycles. The van der Waals surface area contributed by atoms with Gasteiger partial charge in [0.05, 0.1) is 37.6 Å². The van der Waals surface area contributed by atoms with Crippen molar-refractivity contribution in [3.8, 4) is 17.2 Å². The number of nitrogens with zero attached hydrogens (tertiary/aromatic N) is 2. The van der Waals surface area contributed by atoms with Crippen LogP contribution in [-0.2, 0) is 9.59 Å². The van der Waals surface area contributed by atoms with Crippen LogP contribution in [0.1, 0.15) is 31.0 Å². The Morgan fingerprint density at radius 3 is 2.54 bits per heavy atom. The normalized spacial score (nSPS) is 18.2. The number of fused-ring (bicyclic) bond motifs is 1. The Hall–Kier alpha value is -4.46. The highest BCUT2D eigenvalue weighted by Gasteiger charge is 2.47. The van der Waals surface area contributed by atoms with Crippen LogP contribution in [0.3, 0.4) is 0 Å². The highest BCUT2D eigenvalue weighted by Crippen LogP contribution is 2.44. The zero-order valence-corrected chi connectivity index (χ0v) is 22.5. The van der Waals surface area contributed by atoms with Crippen molar-refractivity contribution >= 4 is 28.8 Å². The minimum Gasteiger partial charge on any atom is -0.507 e. The number of hydrogen-bond donors (Lipinski definition) is 1. The predicted molar refractivity (Wildman–Crippen MR) is 150 cm³/mol. The molecule has 0 aromatic heterocycles. The zero-order chi connectivity index (χ0) is 27.7. The lowest BCUT2D eigenvalue weighted by molar-refractivity contribution is -0.132. The first-order chi connectivity index (χ1) is 18.8. The number of amides is 1. The summed E-state index contributed by atoms with van der Waals surface area (Å²) in [6.07, 6.45) is 0. The first kappa shape index (κ1) is 26.2. The van der Waals surface area contributed by atoms with Gasteiger partial charge in [0.1, 0.15) is 29.6 Å². The molecule has 0 radical (unpaired) electrons. The summed E-state index contributed by atoms with van der Waals surface area (Å²) in [6, 6.07) is 18.6. The number of rotatable bonds is 7. The summed E-state index contributed by atoms with van der Waals surface area (Å²) >= 11 is 0. The number of carbonyl (C=O) groups is 2. The summed E-state index contributed by atoms with van der Waals surface area (Å²) in [5.41, 5.74) is 2.38. The molecule has 5 rings (SSSR count). The number of ketones is 1. The van der Waals surface area contributed by atoms with Gasteiger partial charge in [-0.3, -0.25) is 14.5 Å². The molecule has 202 valence electrons. The summed E-state index contributed by atoms with van der Waals surface area (Å²) in [4.78, 5) is 30.5. The maximum atomic E-state index is 13.5. The molecule has 0 bridgehead atoms. The van der Waals surface area contributed by atoms with Crippen LogP contribution in [0, 0.1) is 5.92 Å². The van der Waals surface area contributed by atoms with Crippen molar-refractivity contribution in [1.82, 2.24) is 0 Å². The van der Waals surface area contributed by atoms with Crippen molar-refractivity contribution in [2.75, 3.05) is 43.7 Å². The molecule has 1 amide bonds. The number of hydrogen-bond acceptors (Lipinski definition) is 7. The first-order valence-electron chi connectivity index (χ1n) is 12.9. The predicted octanol–water partition coefficient (Wildman–Crippen LogP) is 5.18. The minimum atomic E-state index is -0.868. The van der Waals surface area contributed by atoms with E-state index in [-0.39, 0.29) is 11.3 Å². The lowest BCUT2D eigenvalue weighted by Crippen LogP contribution is -2.29. The molecule has 1 unspecified atom stereocenters. The fourth-order valence-electron chi connectivity index (χ4n) is 4.85. The Labute approximate surface area is 228 Å². The third kappa shape index (κ3) is 5.02. The second kappa shape index (κ2) is 10.7. The molecule has 2 heterocycles. The average Bonchev–Trinajstić information content (AvgIpc) is 3.22. The van der Waals surface area contributed by atoms with Crippen LogP contribution in [0.25, 0.3) is 5.76 Å². The maximum Gasteiger partial charge on any atom is 0.300 e. The number of methoxy groups -OCH3 is 1. The summed E-state index contributed by atoms with van der Waals surface area (Å²) in [7, 11) is 3.49. The summed E-state index contributed by atoms with van der Waals surface area (Å²) in [5, 5.41) is 11.6. The fourth-order valence-corrected chi connectivity index (χ4v) is 4.85. The second-order valence-corrected chi connectivity index (χ2v) is 10.1. The molecule has 2 aliphatic heterocycles. The number of Topliss-reactive ketones (excluding diaryl/α,β-unsaturated/α-hetero) is 1. The van der Waals surface area contributed by atoms with E-state index in [0.29, 0.717) is 59.7 Å². The first-order valence-corrected chi connectivity index (χ1v) is 12.9. The van der Waals surface area contributed by atoms with E-state index in [0.717, 1.165) is 5.69 Å². The highest BCUT2D eigenvalue weighted by molar-refractivity contribution is 6.51. The Morgan fingerprint density at radius 2 is 1.82 bits per heavy atom. The van der Waals surface area contributed by atoms with Crippen LogP contribution >= 0.6 is 0 Å². The quantitative estimate of drug-likeness (QED) is 0.257. The number of anilines is 2. The van der Waals surface area contributed by atoms with Crippen LogP contribution in [-0.4, -0.2) is 50.7 Å². The Bertz CT molecular complexity index is 1430. The van der Waals surface area contributed by atoms with E-state index in [1.54, 1.807) is 67.8 Å². The van der Waals surface area contributed by atoms with Gasteiger partial charge in [-0.05, 0) is 66.1 Å². The topological polar surface area (TPSA) is 88.5 Å². The molecule has 39 heavy (non-hydrogen) atoms. The van der Waals surface area contributed by atoms with E-state index in [9.17, 15) is 14.7 Å². The Balaban J connectivity index is 1.62. The summed E-state index contributed by atoms with van der Waals surface area (Å²) in [5.74, 6) is 0.574. The largest absolute Gasteiger partial charge is 0.507 e. The third-order valence-electron chi connectivity index (χ3n) is 6.88. The van der Waals surface area contributed by atoms with Crippen molar-refractivity contribution in [1.29, 1.82) is 0 Å². The molecule has 8 nitrogen and oxygen atoms in total. The number of carbonyl (C=O) groups excluding carboxylic acids is 2. The van der Waals surface area contributed by atoms with Gasteiger partial charge in [0.25, 0.3) is 11.7 Å². The van der Waals surface area contributed by atoms with E-state index >= 15 is 0 Å². The van der Waals surface area contributed by atoms with Crippen molar-refractivity contribution in [3.63, 3.8) is 0 Å². The molecular weight excluding hydrogens is 496 g/mol. The molecular formula is C31H32N2O6. The summed E-state index contributed by atoms with van der Waals surface area (Å²) in [6.45, 7) is 5.96. The lowest BCUT2D eigenvalue weighted by Gasteiger charge is -2.28.